The Kier molecular flexibility index (Phi) is 7.53. The van der Waals surface area contributed by atoms with Gasteiger partial charge in [-0.1, -0.05) is 24.8 Å². The zero-order valence-corrected chi connectivity index (χ0v) is 14.5. The lowest BCUT2D eigenvalue weighted by atomic mass is 10.2. The van der Waals surface area contributed by atoms with Crippen LogP contribution >= 0.6 is 0 Å². The Morgan fingerprint density at radius 3 is 2.68 bits per heavy atom. The van der Waals surface area contributed by atoms with Crippen molar-refractivity contribution in [1.29, 1.82) is 0 Å². The first-order valence-electron chi connectivity index (χ1n) is 8.39. The fraction of sp³-hybridized carbons (Fsp3) is 0.250. The second-order valence-corrected chi connectivity index (χ2v) is 5.43. The third kappa shape index (κ3) is 6.31. The normalized spacial score (nSPS) is 10.1. The second kappa shape index (κ2) is 10.2. The Morgan fingerprint density at radius 1 is 1.16 bits per heavy atom. The molecule has 0 heterocycles. The molecule has 0 unspecified atom stereocenters. The van der Waals surface area contributed by atoms with Gasteiger partial charge >= 0.3 is 0 Å². The predicted molar refractivity (Wildman–Crippen MR) is 98.9 cm³/mol. The summed E-state index contributed by atoms with van der Waals surface area (Å²) in [7, 11) is 0. The molecule has 0 aromatic heterocycles. The lowest BCUT2D eigenvalue weighted by molar-refractivity contribution is -0.662. The quantitative estimate of drug-likeness (QED) is 0.515. The minimum atomic E-state index is -0.211. The van der Waals surface area contributed by atoms with E-state index in [-0.39, 0.29) is 12.5 Å². The van der Waals surface area contributed by atoms with Crippen LogP contribution in [0.5, 0.6) is 11.5 Å². The third-order valence-electron chi connectivity index (χ3n) is 3.44. The van der Waals surface area contributed by atoms with Crippen molar-refractivity contribution in [2.45, 2.75) is 13.5 Å². The number of ether oxygens (including phenoxy) is 2. The molecule has 2 aromatic carbocycles. The van der Waals surface area contributed by atoms with E-state index in [1.807, 2.05) is 61.5 Å². The van der Waals surface area contributed by atoms with E-state index in [1.165, 1.54) is 0 Å². The maximum absolute atomic E-state index is 12.0. The lowest BCUT2D eigenvalue weighted by Gasteiger charge is -2.13. The first kappa shape index (κ1) is 18.5. The van der Waals surface area contributed by atoms with Crippen molar-refractivity contribution in [2.75, 3.05) is 25.1 Å². The number of nitrogens with one attached hydrogen (secondary N) is 1. The second-order valence-electron chi connectivity index (χ2n) is 5.43. The molecule has 0 aliphatic rings. The molecule has 0 aliphatic heterocycles. The van der Waals surface area contributed by atoms with Crippen molar-refractivity contribution in [2.24, 2.45) is 0 Å². The molecule has 0 bridgehead atoms. The summed E-state index contributed by atoms with van der Waals surface area (Å²) in [4.78, 5) is 12.0. The smallest absolute Gasteiger partial charge is 0.262 e. The van der Waals surface area contributed by atoms with Crippen molar-refractivity contribution in [3.8, 4) is 11.5 Å². The van der Waals surface area contributed by atoms with Crippen LogP contribution in [0.1, 0.15) is 12.5 Å². The van der Waals surface area contributed by atoms with Crippen LogP contribution in [0, 0.1) is 0 Å². The molecule has 0 fully saturated rings. The van der Waals surface area contributed by atoms with Crippen LogP contribution in [0.4, 0.5) is 5.69 Å². The zero-order valence-electron chi connectivity index (χ0n) is 14.5. The van der Waals surface area contributed by atoms with Crippen LogP contribution in [-0.2, 0) is 11.3 Å². The highest BCUT2D eigenvalue weighted by atomic mass is 16.5. The summed E-state index contributed by atoms with van der Waals surface area (Å²) in [5.74, 6) is 1.01. The lowest BCUT2D eigenvalue weighted by Crippen LogP contribution is -2.82. The van der Waals surface area contributed by atoms with Gasteiger partial charge in [-0.05, 0) is 43.3 Å². The molecule has 132 valence electrons. The van der Waals surface area contributed by atoms with Crippen molar-refractivity contribution in [3.63, 3.8) is 0 Å². The van der Waals surface area contributed by atoms with E-state index in [4.69, 9.17) is 9.47 Å². The van der Waals surface area contributed by atoms with Crippen molar-refractivity contribution in [3.05, 3.63) is 66.7 Å². The largest absolute Gasteiger partial charge is 0.490 e. The van der Waals surface area contributed by atoms with E-state index >= 15 is 0 Å². The number of carbonyl (C=O) groups is 1. The van der Waals surface area contributed by atoms with E-state index in [9.17, 15) is 4.79 Å². The average molecular weight is 341 g/mol. The van der Waals surface area contributed by atoms with Gasteiger partial charge in [-0.2, -0.15) is 0 Å². The van der Waals surface area contributed by atoms with Gasteiger partial charge in [0.2, 0.25) is 0 Å². The summed E-state index contributed by atoms with van der Waals surface area (Å²) in [5.41, 5.74) is 1.88. The number of quaternary nitrogens is 1. The molecule has 25 heavy (non-hydrogen) atoms. The molecule has 0 saturated carbocycles. The summed E-state index contributed by atoms with van der Waals surface area (Å²) >= 11 is 0. The summed E-state index contributed by atoms with van der Waals surface area (Å²) < 4.78 is 11.3. The van der Waals surface area contributed by atoms with Crippen molar-refractivity contribution < 1.29 is 19.6 Å². The van der Waals surface area contributed by atoms with Gasteiger partial charge in [0.1, 0.15) is 6.54 Å². The third-order valence-corrected chi connectivity index (χ3v) is 3.44. The van der Waals surface area contributed by atoms with Crippen LogP contribution in [-0.4, -0.2) is 25.7 Å². The molecular formula is C20H25N2O3+. The molecule has 2 aromatic rings. The summed E-state index contributed by atoms with van der Waals surface area (Å²) in [5, 5.41) is 4.93. The average Bonchev–Trinajstić information content (AvgIpc) is 2.62. The van der Waals surface area contributed by atoms with Gasteiger partial charge in [0.25, 0.3) is 5.91 Å². The Hall–Kier alpha value is -2.79. The highest BCUT2D eigenvalue weighted by molar-refractivity contribution is 5.91. The minimum absolute atomic E-state index is 0.0725. The number of benzene rings is 2. The van der Waals surface area contributed by atoms with E-state index in [2.05, 4.69) is 17.2 Å². The number of para-hydroxylation sites is 1. The number of carbonyl (C=O) groups excluding carboxylic acids is 1. The highest BCUT2D eigenvalue weighted by Crippen LogP contribution is 2.28. The number of hydrogen-bond donors (Lipinski definition) is 2. The standard InChI is InChI=1S/C20H24N2O3/c1-3-12-21-14-16-10-11-18(19(13-16)24-4-2)25-15-20(23)22-17-8-6-5-7-9-17/h3,5-11,13,21H,1,4,12,14-15H2,2H3,(H,22,23)/p+1. The van der Waals surface area contributed by atoms with E-state index in [0.29, 0.717) is 18.1 Å². The Bertz CT molecular complexity index is 687. The number of nitrogens with two attached hydrogens (primary N) is 1. The summed E-state index contributed by atoms with van der Waals surface area (Å²) in [6, 6.07) is 15.1. The molecule has 0 spiro atoms. The summed E-state index contributed by atoms with van der Waals surface area (Å²) in [6.07, 6.45) is 1.87. The Morgan fingerprint density at radius 2 is 1.96 bits per heavy atom. The molecule has 5 heteroatoms. The monoisotopic (exact) mass is 341 g/mol. The Balaban J connectivity index is 1.95. The molecular weight excluding hydrogens is 316 g/mol. The van der Waals surface area contributed by atoms with Crippen molar-refractivity contribution >= 4 is 11.6 Å². The number of rotatable bonds is 10. The SMILES string of the molecule is C=CC[NH2+]Cc1ccc(OCC(=O)Nc2ccccc2)c(OCC)c1. The first-order valence-corrected chi connectivity index (χ1v) is 8.39. The fourth-order valence-corrected chi connectivity index (χ4v) is 2.30. The van der Waals surface area contributed by atoms with Gasteiger partial charge in [-0.15, -0.1) is 0 Å². The van der Waals surface area contributed by atoms with Gasteiger partial charge < -0.3 is 20.1 Å². The van der Waals surface area contributed by atoms with Crippen molar-refractivity contribution in [1.82, 2.24) is 0 Å². The van der Waals surface area contributed by atoms with E-state index in [0.717, 1.165) is 24.3 Å². The maximum atomic E-state index is 12.0. The molecule has 2 rings (SSSR count). The topological polar surface area (TPSA) is 64.2 Å². The van der Waals surface area contributed by atoms with Crippen LogP contribution < -0.4 is 20.1 Å². The maximum Gasteiger partial charge on any atom is 0.262 e. The molecule has 1 amide bonds. The van der Waals surface area contributed by atoms with Gasteiger partial charge in [0.05, 0.1) is 13.2 Å². The van der Waals surface area contributed by atoms with Gasteiger partial charge in [0.15, 0.2) is 18.1 Å². The first-order chi connectivity index (χ1) is 12.2. The molecule has 0 radical (unpaired) electrons. The molecule has 0 atom stereocenters. The Labute approximate surface area is 148 Å². The van der Waals surface area contributed by atoms with E-state index in [1.54, 1.807) is 0 Å². The van der Waals surface area contributed by atoms with Crippen LogP contribution in [0.15, 0.2) is 61.2 Å². The number of hydrogen-bond acceptors (Lipinski definition) is 3. The number of anilines is 1. The highest BCUT2D eigenvalue weighted by Gasteiger charge is 2.10. The molecule has 3 N–H and O–H groups in total. The molecule has 0 saturated heterocycles. The number of amides is 1. The van der Waals surface area contributed by atoms with Crippen LogP contribution in [0.2, 0.25) is 0 Å². The van der Waals surface area contributed by atoms with Crippen LogP contribution in [0.3, 0.4) is 0 Å². The minimum Gasteiger partial charge on any atom is -0.490 e. The van der Waals surface area contributed by atoms with Gasteiger partial charge in [-0.25, -0.2) is 0 Å². The van der Waals surface area contributed by atoms with Gasteiger partial charge in [-0.3, -0.25) is 4.79 Å². The predicted octanol–water partition coefficient (Wildman–Crippen LogP) is 2.35. The van der Waals surface area contributed by atoms with Crippen LogP contribution in [0.25, 0.3) is 0 Å². The zero-order chi connectivity index (χ0) is 17.9. The molecule has 5 nitrogen and oxygen atoms in total. The summed E-state index contributed by atoms with van der Waals surface area (Å²) in [6.45, 7) is 7.79. The molecule has 0 aliphatic carbocycles. The van der Waals surface area contributed by atoms with Gasteiger partial charge in [0, 0.05) is 11.3 Å². The fourth-order valence-electron chi connectivity index (χ4n) is 2.30. The van der Waals surface area contributed by atoms with E-state index < -0.39 is 0 Å².